The second-order valence-corrected chi connectivity index (χ2v) is 7.36. The summed E-state index contributed by atoms with van der Waals surface area (Å²) in [5.41, 5.74) is 2.80. The summed E-state index contributed by atoms with van der Waals surface area (Å²) >= 11 is 1.49. The number of aliphatic carboxylic acids is 1. The van der Waals surface area contributed by atoms with Gasteiger partial charge in [0, 0.05) is 17.4 Å². The Morgan fingerprint density at radius 3 is 2.57 bits per heavy atom. The van der Waals surface area contributed by atoms with E-state index in [1.54, 1.807) is 24.3 Å². The molecule has 1 N–H and O–H groups in total. The number of benzene rings is 2. The number of hydrogen-bond acceptors (Lipinski definition) is 5. The number of ether oxygens (including phenoxy) is 1. The van der Waals surface area contributed by atoms with E-state index < -0.39 is 11.8 Å². The molecular weight excluding hydrogens is 405 g/mol. The molecule has 152 valence electrons. The van der Waals surface area contributed by atoms with Crippen LogP contribution in [0.25, 0.3) is 28.1 Å². The molecule has 8 heteroatoms. The number of methoxy groups -OCH3 is 1. The number of rotatable bonds is 6. The normalized spacial score (nSPS) is 11.0. The standard InChI is InChI=1S/C22H18FN3O3S/c1-29-18-8-5-14(12-17(18)23)20-24-21-16(22(25-20)30-2)9-10-26(21)15-6-3-13(4-7-15)11-19(27)28/h3-10,12H,11H2,1-2H3,(H,27,28). The van der Waals surface area contributed by atoms with Crippen molar-refractivity contribution < 1.29 is 19.0 Å². The van der Waals surface area contributed by atoms with Gasteiger partial charge in [0.2, 0.25) is 0 Å². The summed E-state index contributed by atoms with van der Waals surface area (Å²) in [6.45, 7) is 0. The highest BCUT2D eigenvalue weighted by atomic mass is 32.2. The van der Waals surface area contributed by atoms with E-state index in [-0.39, 0.29) is 12.2 Å². The Hall–Kier alpha value is -3.39. The first kappa shape index (κ1) is 19.9. The summed E-state index contributed by atoms with van der Waals surface area (Å²) in [5, 5.41) is 10.6. The summed E-state index contributed by atoms with van der Waals surface area (Å²) in [5.74, 6) is -0.776. The predicted molar refractivity (Wildman–Crippen MR) is 114 cm³/mol. The minimum Gasteiger partial charge on any atom is -0.494 e. The average molecular weight is 423 g/mol. The number of carbonyl (C=O) groups is 1. The Morgan fingerprint density at radius 1 is 1.17 bits per heavy atom. The van der Waals surface area contributed by atoms with Crippen molar-refractivity contribution in [1.82, 2.24) is 14.5 Å². The zero-order valence-corrected chi connectivity index (χ0v) is 17.1. The van der Waals surface area contributed by atoms with E-state index in [9.17, 15) is 9.18 Å². The molecular formula is C22H18FN3O3S. The summed E-state index contributed by atoms with van der Waals surface area (Å²) in [6.07, 6.45) is 3.79. The van der Waals surface area contributed by atoms with Gasteiger partial charge < -0.3 is 14.4 Å². The van der Waals surface area contributed by atoms with Gasteiger partial charge in [0.25, 0.3) is 0 Å². The maximum absolute atomic E-state index is 14.2. The monoisotopic (exact) mass is 423 g/mol. The first-order valence-corrected chi connectivity index (χ1v) is 10.3. The molecule has 0 amide bonds. The van der Waals surface area contributed by atoms with Gasteiger partial charge in [0.1, 0.15) is 10.7 Å². The number of carboxylic acid groups (broad SMARTS) is 1. The number of halogens is 1. The minimum absolute atomic E-state index is 0.0291. The van der Waals surface area contributed by atoms with E-state index in [0.29, 0.717) is 17.0 Å². The maximum Gasteiger partial charge on any atom is 0.307 e. The Bertz CT molecular complexity index is 1240. The smallest absolute Gasteiger partial charge is 0.307 e. The molecule has 0 saturated heterocycles. The molecule has 0 atom stereocenters. The Labute approximate surface area is 176 Å². The van der Waals surface area contributed by atoms with Gasteiger partial charge >= 0.3 is 5.97 Å². The van der Waals surface area contributed by atoms with E-state index in [4.69, 9.17) is 14.8 Å². The molecule has 30 heavy (non-hydrogen) atoms. The van der Waals surface area contributed by atoms with Gasteiger partial charge in [-0.25, -0.2) is 14.4 Å². The number of hydrogen-bond donors (Lipinski definition) is 1. The number of aromatic nitrogens is 3. The molecule has 4 rings (SSSR count). The van der Waals surface area contributed by atoms with Gasteiger partial charge in [-0.3, -0.25) is 4.79 Å². The molecule has 2 heterocycles. The van der Waals surface area contributed by atoms with Gasteiger partial charge in [0.05, 0.1) is 18.9 Å². The van der Waals surface area contributed by atoms with Gasteiger partial charge in [-0.2, -0.15) is 0 Å². The van der Waals surface area contributed by atoms with Crippen LogP contribution in [0.5, 0.6) is 5.75 Å². The summed E-state index contributed by atoms with van der Waals surface area (Å²) < 4.78 is 21.1. The second kappa shape index (κ2) is 8.16. The lowest BCUT2D eigenvalue weighted by atomic mass is 10.1. The van der Waals surface area contributed by atoms with Crippen LogP contribution in [-0.2, 0) is 11.2 Å². The summed E-state index contributed by atoms with van der Waals surface area (Å²) in [4.78, 5) is 20.2. The Kier molecular flexibility index (Phi) is 5.41. The Balaban J connectivity index is 1.82. The molecule has 0 bridgehead atoms. The van der Waals surface area contributed by atoms with Gasteiger partial charge in [0.15, 0.2) is 17.4 Å². The highest BCUT2D eigenvalue weighted by molar-refractivity contribution is 7.98. The van der Waals surface area contributed by atoms with Crippen LogP contribution in [-0.4, -0.2) is 39.0 Å². The largest absolute Gasteiger partial charge is 0.494 e. The van der Waals surface area contributed by atoms with Crippen molar-refractivity contribution in [2.45, 2.75) is 11.4 Å². The van der Waals surface area contributed by atoms with Crippen molar-refractivity contribution in [2.24, 2.45) is 0 Å². The molecule has 0 radical (unpaired) electrons. The molecule has 0 spiro atoms. The third-order valence-electron chi connectivity index (χ3n) is 4.68. The summed E-state index contributed by atoms with van der Waals surface area (Å²) in [7, 11) is 1.42. The van der Waals surface area contributed by atoms with Crippen molar-refractivity contribution in [2.75, 3.05) is 13.4 Å². The number of fused-ring (bicyclic) bond motifs is 1. The molecule has 0 aliphatic heterocycles. The highest BCUT2D eigenvalue weighted by Gasteiger charge is 2.15. The quantitative estimate of drug-likeness (QED) is 0.361. The lowest BCUT2D eigenvalue weighted by Gasteiger charge is -2.10. The number of nitrogens with zero attached hydrogens (tertiary/aromatic N) is 3. The molecule has 4 aromatic rings. The lowest BCUT2D eigenvalue weighted by Crippen LogP contribution is -2.01. The van der Waals surface area contributed by atoms with Crippen LogP contribution >= 0.6 is 11.8 Å². The van der Waals surface area contributed by atoms with Crippen molar-refractivity contribution in [1.29, 1.82) is 0 Å². The fourth-order valence-electron chi connectivity index (χ4n) is 3.23. The van der Waals surface area contributed by atoms with Crippen LogP contribution < -0.4 is 4.74 Å². The van der Waals surface area contributed by atoms with Gasteiger partial charge in [-0.15, -0.1) is 11.8 Å². The van der Waals surface area contributed by atoms with E-state index >= 15 is 0 Å². The molecule has 0 saturated carbocycles. The molecule has 2 aromatic carbocycles. The van der Waals surface area contributed by atoms with Crippen molar-refractivity contribution in [3.05, 3.63) is 66.1 Å². The molecule has 0 aliphatic carbocycles. The van der Waals surface area contributed by atoms with Crippen LogP contribution in [0.4, 0.5) is 4.39 Å². The van der Waals surface area contributed by atoms with Crippen molar-refractivity contribution >= 4 is 28.8 Å². The van der Waals surface area contributed by atoms with E-state index in [1.165, 1.54) is 24.9 Å². The predicted octanol–water partition coefficient (Wildman–Crippen LogP) is 4.58. The fraction of sp³-hybridized carbons (Fsp3) is 0.136. The molecule has 0 unspecified atom stereocenters. The lowest BCUT2D eigenvalue weighted by molar-refractivity contribution is -0.136. The SMILES string of the molecule is COc1ccc(-c2nc(SC)c3ccn(-c4ccc(CC(=O)O)cc4)c3n2)cc1F. The summed E-state index contributed by atoms with van der Waals surface area (Å²) in [6, 6.07) is 13.8. The number of carboxylic acids is 1. The zero-order chi connectivity index (χ0) is 21.3. The zero-order valence-electron chi connectivity index (χ0n) is 16.3. The van der Waals surface area contributed by atoms with Crippen molar-refractivity contribution in [3.63, 3.8) is 0 Å². The second-order valence-electron chi connectivity index (χ2n) is 6.57. The topological polar surface area (TPSA) is 77.2 Å². The molecule has 2 aromatic heterocycles. The first-order valence-electron chi connectivity index (χ1n) is 9.08. The molecule has 0 aliphatic rings. The number of thioether (sulfide) groups is 1. The third kappa shape index (κ3) is 3.73. The maximum atomic E-state index is 14.2. The van der Waals surface area contributed by atoms with E-state index in [0.717, 1.165) is 21.7 Å². The average Bonchev–Trinajstić information content (AvgIpc) is 3.17. The first-order chi connectivity index (χ1) is 14.5. The molecule has 6 nitrogen and oxygen atoms in total. The van der Waals surface area contributed by atoms with Crippen molar-refractivity contribution in [3.8, 4) is 22.8 Å². The minimum atomic E-state index is -0.872. The van der Waals surface area contributed by atoms with Crippen LogP contribution in [0.15, 0.2) is 59.8 Å². The van der Waals surface area contributed by atoms with E-state index in [2.05, 4.69) is 4.98 Å². The van der Waals surface area contributed by atoms with Crippen LogP contribution in [0.3, 0.4) is 0 Å². The third-order valence-corrected chi connectivity index (χ3v) is 5.38. The van der Waals surface area contributed by atoms with Gasteiger partial charge in [-0.05, 0) is 48.2 Å². The highest BCUT2D eigenvalue weighted by Crippen LogP contribution is 2.31. The molecule has 0 fully saturated rings. The van der Waals surface area contributed by atoms with Gasteiger partial charge in [-0.1, -0.05) is 12.1 Å². The van der Waals surface area contributed by atoms with Crippen LogP contribution in [0, 0.1) is 5.82 Å². The fourth-order valence-corrected chi connectivity index (χ4v) is 3.79. The van der Waals surface area contributed by atoms with Crippen LogP contribution in [0.1, 0.15) is 5.56 Å². The van der Waals surface area contributed by atoms with Crippen LogP contribution in [0.2, 0.25) is 0 Å². The van der Waals surface area contributed by atoms with E-state index in [1.807, 2.05) is 35.2 Å². The Morgan fingerprint density at radius 2 is 1.93 bits per heavy atom.